The summed E-state index contributed by atoms with van der Waals surface area (Å²) in [6, 6.07) is 1.30. The SMILES string of the molecule is COC(=O)N[C@H](C(=O)N1[C@@H](C)CC[C@H]1c1nc(-c2cc3c4c(c2)OCc2cc(-c5nc([C@@H]6CC[C@H](C)N6C(=O)[C@@H](NC(=O)OC)C(C)(C)C(F)(F)F)[nH]c5C(C)C)cc(c2-4)OC3)c(C(C)C)[nH]1)C(C)(C)C(F)(F)F. The summed E-state index contributed by atoms with van der Waals surface area (Å²) < 4.78 is 109. The van der Waals surface area contributed by atoms with E-state index in [1.165, 1.54) is 9.80 Å². The Kier molecular flexibility index (Phi) is 14.1. The summed E-state index contributed by atoms with van der Waals surface area (Å²) >= 11 is 0. The number of halogens is 6. The smallest absolute Gasteiger partial charge is 0.407 e. The predicted molar refractivity (Wildman–Crippen MR) is 259 cm³/mol. The van der Waals surface area contributed by atoms with Gasteiger partial charge in [-0.15, -0.1) is 0 Å². The zero-order valence-corrected chi connectivity index (χ0v) is 43.5. The fraction of sp³-hybridized carbons (Fsp3) is 0.577. The van der Waals surface area contributed by atoms with Gasteiger partial charge in [-0.05, 0) is 103 Å². The predicted octanol–water partition coefficient (Wildman–Crippen LogP) is 10.9. The molecule has 4 N–H and O–H groups in total. The molecule has 0 spiro atoms. The standard InChI is InChI=1S/C52H64F6N8O8/c1-23(2)37-39(61-43(59-37)31-15-13-25(5)65(31)45(67)41(63-47(69)71-11)49(7,8)51(53,54)55)27-17-29-21-74-34-20-28(18-30-22-73-33(19-27)35(29)36(30)34)40-38(24(3)4)60-44(62-40)32-16-14-26(6)66(32)46(68)42(64-48(70)72-12)50(9,10)52(56,57)58/h17-20,23-26,31-32,41-42H,13-16,21-22H2,1-12H3,(H,59,61)(H,60,62)(H,63,69)(H,64,70)/t25-,26-,31-,32-,41+,42+/m0/s1. The maximum absolute atomic E-state index is 14.5. The van der Waals surface area contributed by atoms with Crippen molar-refractivity contribution >= 4 is 24.0 Å². The Bertz CT molecular complexity index is 2610. The number of benzene rings is 2. The van der Waals surface area contributed by atoms with Gasteiger partial charge in [0.05, 0.1) is 48.5 Å². The van der Waals surface area contributed by atoms with Crippen LogP contribution in [0.2, 0.25) is 0 Å². The van der Waals surface area contributed by atoms with Crippen molar-refractivity contribution in [3.63, 3.8) is 0 Å². The van der Waals surface area contributed by atoms with Crippen LogP contribution in [0, 0.1) is 10.8 Å². The number of alkyl halides is 6. The molecule has 4 amide bonds. The second kappa shape index (κ2) is 19.3. The molecule has 6 atom stereocenters. The number of alkyl carbamates (subject to hydrolysis) is 2. The molecular weight excluding hydrogens is 979 g/mol. The summed E-state index contributed by atoms with van der Waals surface area (Å²) in [5, 5.41) is 4.33. The van der Waals surface area contributed by atoms with Crippen molar-refractivity contribution in [2.75, 3.05) is 14.2 Å². The molecular formula is C52H64F6N8O8. The van der Waals surface area contributed by atoms with Gasteiger partial charge in [0.1, 0.15) is 48.4 Å². The normalized spacial score (nSPS) is 20.5. The van der Waals surface area contributed by atoms with Crippen LogP contribution in [0.5, 0.6) is 11.5 Å². The molecule has 2 aromatic heterocycles. The Morgan fingerprint density at radius 2 is 0.973 bits per heavy atom. The van der Waals surface area contributed by atoms with Gasteiger partial charge in [-0.1, -0.05) is 27.7 Å². The molecule has 6 heterocycles. The van der Waals surface area contributed by atoms with Crippen LogP contribution in [0.4, 0.5) is 35.9 Å². The van der Waals surface area contributed by atoms with Gasteiger partial charge < -0.3 is 49.3 Å². The molecule has 74 heavy (non-hydrogen) atoms. The highest BCUT2D eigenvalue weighted by Crippen LogP contribution is 2.53. The molecule has 0 aliphatic carbocycles. The molecule has 0 radical (unpaired) electrons. The average Bonchev–Trinajstić information content (AvgIpc) is 4.15. The Balaban J connectivity index is 1.12. The number of ether oxygens (including phenoxy) is 4. The van der Waals surface area contributed by atoms with Crippen LogP contribution in [0.3, 0.4) is 0 Å². The number of methoxy groups -OCH3 is 2. The number of nitrogens with one attached hydrogen (secondary N) is 4. The fourth-order valence-corrected chi connectivity index (χ4v) is 10.7. The first kappa shape index (κ1) is 53.8. The Morgan fingerprint density at radius 1 is 0.622 bits per heavy atom. The van der Waals surface area contributed by atoms with E-state index >= 15 is 0 Å². The molecule has 0 saturated carbocycles. The first-order chi connectivity index (χ1) is 34.5. The molecule has 4 aliphatic rings. The number of amides is 4. The summed E-state index contributed by atoms with van der Waals surface area (Å²) in [5.74, 6) is -0.0982. The molecule has 2 fully saturated rings. The highest BCUT2D eigenvalue weighted by molar-refractivity contribution is 5.90. The highest BCUT2D eigenvalue weighted by atomic mass is 19.4. The van der Waals surface area contributed by atoms with E-state index in [4.69, 9.17) is 19.4 Å². The molecule has 4 aromatic rings. The van der Waals surface area contributed by atoms with Crippen LogP contribution in [0.1, 0.15) is 153 Å². The second-order valence-electron chi connectivity index (χ2n) is 21.6. The number of imidazole rings is 2. The lowest BCUT2D eigenvalue weighted by Crippen LogP contribution is -2.60. The molecule has 0 bridgehead atoms. The van der Waals surface area contributed by atoms with E-state index in [0.717, 1.165) is 75.6 Å². The van der Waals surface area contributed by atoms with Crippen LogP contribution in [-0.2, 0) is 32.3 Å². The van der Waals surface area contributed by atoms with Crippen molar-refractivity contribution in [3.05, 3.63) is 58.4 Å². The van der Waals surface area contributed by atoms with E-state index in [0.29, 0.717) is 71.3 Å². The first-order valence-electron chi connectivity index (χ1n) is 24.8. The molecule has 4 aliphatic heterocycles. The van der Waals surface area contributed by atoms with Crippen LogP contribution >= 0.6 is 0 Å². The van der Waals surface area contributed by atoms with Gasteiger partial charge in [0.2, 0.25) is 11.8 Å². The van der Waals surface area contributed by atoms with Crippen LogP contribution in [-0.4, -0.2) is 104 Å². The summed E-state index contributed by atoms with van der Waals surface area (Å²) in [5.41, 5.74) is 1.98. The maximum atomic E-state index is 14.5. The molecule has 0 unspecified atom stereocenters. The lowest BCUT2D eigenvalue weighted by atomic mass is 9.82. The van der Waals surface area contributed by atoms with E-state index in [9.17, 15) is 45.5 Å². The van der Waals surface area contributed by atoms with Gasteiger partial charge in [0.25, 0.3) is 0 Å². The van der Waals surface area contributed by atoms with Crippen molar-refractivity contribution in [3.8, 4) is 45.1 Å². The molecule has 2 aromatic carbocycles. The number of carbonyl (C=O) groups is 4. The van der Waals surface area contributed by atoms with Gasteiger partial charge in [-0.3, -0.25) is 9.59 Å². The molecule has 16 nitrogen and oxygen atoms in total. The van der Waals surface area contributed by atoms with Crippen LogP contribution < -0.4 is 20.1 Å². The average molecular weight is 1040 g/mol. The van der Waals surface area contributed by atoms with Crippen LogP contribution in [0.25, 0.3) is 33.6 Å². The Labute approximate surface area is 425 Å². The number of aromatic amines is 2. The number of carbonyl (C=O) groups excluding carboxylic acids is 4. The van der Waals surface area contributed by atoms with E-state index in [2.05, 4.69) is 30.1 Å². The third kappa shape index (κ3) is 9.27. The third-order valence-electron chi connectivity index (χ3n) is 15.4. The summed E-state index contributed by atoms with van der Waals surface area (Å²) in [6.45, 7) is 15.2. The maximum Gasteiger partial charge on any atom is 0.407 e. The highest BCUT2D eigenvalue weighted by Gasteiger charge is 2.59. The van der Waals surface area contributed by atoms with Crippen molar-refractivity contribution < 1.29 is 64.5 Å². The van der Waals surface area contributed by atoms with Gasteiger partial charge in [-0.2, -0.15) is 26.3 Å². The Morgan fingerprint density at radius 3 is 1.28 bits per heavy atom. The number of rotatable bonds is 12. The van der Waals surface area contributed by atoms with Gasteiger partial charge in [0.15, 0.2) is 0 Å². The van der Waals surface area contributed by atoms with Crippen molar-refractivity contribution in [2.45, 2.75) is 169 Å². The minimum absolute atomic E-state index is 0.108. The lowest BCUT2D eigenvalue weighted by molar-refractivity contribution is -0.222. The number of hydrogen-bond donors (Lipinski definition) is 4. The van der Waals surface area contributed by atoms with Gasteiger partial charge in [-0.25, -0.2) is 19.6 Å². The third-order valence-corrected chi connectivity index (χ3v) is 15.4. The quantitative estimate of drug-likeness (QED) is 0.0993. The zero-order chi connectivity index (χ0) is 54.3. The number of H-pyrrole nitrogens is 2. The lowest BCUT2D eigenvalue weighted by Gasteiger charge is -2.39. The number of nitrogens with zero attached hydrogens (tertiary/aromatic N) is 4. The molecule has 402 valence electrons. The number of likely N-dealkylation sites (tertiary alicyclic amines) is 2. The van der Waals surface area contributed by atoms with Crippen molar-refractivity contribution in [1.29, 1.82) is 0 Å². The van der Waals surface area contributed by atoms with E-state index in [1.54, 1.807) is 13.8 Å². The van der Waals surface area contributed by atoms with E-state index < -0.39 is 83.4 Å². The molecule has 22 heteroatoms. The first-order valence-corrected chi connectivity index (χ1v) is 24.8. The monoisotopic (exact) mass is 1040 g/mol. The summed E-state index contributed by atoms with van der Waals surface area (Å²) in [7, 11) is 2.03. The minimum atomic E-state index is -4.86. The minimum Gasteiger partial charge on any atom is -0.488 e. The summed E-state index contributed by atoms with van der Waals surface area (Å²) in [4.78, 5) is 73.1. The zero-order valence-electron chi connectivity index (χ0n) is 43.5. The van der Waals surface area contributed by atoms with Gasteiger partial charge in [0, 0.05) is 56.9 Å². The number of hydrogen-bond acceptors (Lipinski definition) is 10. The number of aromatic nitrogens is 4. The second-order valence-corrected chi connectivity index (χ2v) is 21.6. The topological polar surface area (TPSA) is 193 Å². The molecule has 2 saturated heterocycles. The van der Waals surface area contributed by atoms with Crippen molar-refractivity contribution in [2.24, 2.45) is 10.8 Å². The molecule has 8 rings (SSSR count). The van der Waals surface area contributed by atoms with E-state index in [1.807, 2.05) is 52.0 Å². The fourth-order valence-electron chi connectivity index (χ4n) is 10.7. The largest absolute Gasteiger partial charge is 0.488 e. The Hall–Kier alpha value is -6.48. The van der Waals surface area contributed by atoms with Gasteiger partial charge >= 0.3 is 24.5 Å². The van der Waals surface area contributed by atoms with Crippen LogP contribution in [0.15, 0.2) is 24.3 Å². The summed E-state index contributed by atoms with van der Waals surface area (Å²) in [6.07, 6.45) is -10.3. The van der Waals surface area contributed by atoms with Crippen molar-refractivity contribution in [1.82, 2.24) is 40.4 Å². The van der Waals surface area contributed by atoms with E-state index in [-0.39, 0.29) is 25.0 Å².